The quantitative estimate of drug-likeness (QED) is 0.116. The molecule has 2 aromatic rings. The number of nitrogens with two attached hydrogens (primary N) is 1. The highest BCUT2D eigenvalue weighted by Gasteiger charge is 2.08. The molecule has 0 aliphatic heterocycles. The molecule has 0 aromatic heterocycles. The van der Waals surface area contributed by atoms with Gasteiger partial charge in [-0.3, -0.25) is 0 Å². The van der Waals surface area contributed by atoms with Gasteiger partial charge in [-0.2, -0.15) is 18.6 Å². The van der Waals surface area contributed by atoms with Crippen molar-refractivity contribution in [1.82, 2.24) is 0 Å². The molecule has 0 saturated heterocycles. The molecule has 0 aliphatic carbocycles. The Kier molecular flexibility index (Phi) is 51.9. The van der Waals surface area contributed by atoms with Gasteiger partial charge in [-0.25, -0.2) is 8.98 Å². The molecule has 244 valence electrons. The molecule has 0 amide bonds. The summed E-state index contributed by atoms with van der Waals surface area (Å²) in [5.74, 6) is 5.46. The van der Waals surface area contributed by atoms with Gasteiger partial charge in [0.25, 0.3) is 0 Å². The van der Waals surface area contributed by atoms with Gasteiger partial charge in [-0.05, 0) is 31.2 Å². The zero-order valence-corrected chi connectivity index (χ0v) is 24.1. The second-order valence-corrected chi connectivity index (χ2v) is 7.52. The van der Waals surface area contributed by atoms with Gasteiger partial charge in [-0.1, -0.05) is 121 Å². The van der Waals surface area contributed by atoms with E-state index in [1.54, 1.807) is 31.2 Å². The molecule has 0 radical (unpaired) electrons. The predicted molar refractivity (Wildman–Crippen MR) is 175 cm³/mol. The Morgan fingerprint density at radius 1 is 0.732 bits per heavy atom. The third-order valence-corrected chi connectivity index (χ3v) is 3.81. The van der Waals surface area contributed by atoms with Crippen molar-refractivity contribution in [1.29, 1.82) is 0 Å². The average Bonchev–Trinajstić information content (AvgIpc) is 2.93. The van der Waals surface area contributed by atoms with Crippen molar-refractivity contribution in [3.05, 3.63) is 72.8 Å². The lowest BCUT2D eigenvalue weighted by atomic mass is 10.3. The van der Waals surface area contributed by atoms with E-state index < -0.39 is 10.4 Å². The summed E-state index contributed by atoms with van der Waals surface area (Å²) in [4.78, 5) is 11.0. The molecule has 0 unspecified atom stereocenters. The molecule has 9 nitrogen and oxygen atoms in total. The molecule has 0 bridgehead atoms. The Labute approximate surface area is 253 Å². The van der Waals surface area contributed by atoms with Crippen LogP contribution in [-0.2, 0) is 28.4 Å². The lowest BCUT2D eigenvalue weighted by Gasteiger charge is -2.06. The van der Waals surface area contributed by atoms with E-state index in [4.69, 9.17) is 14.2 Å². The van der Waals surface area contributed by atoms with Gasteiger partial charge in [0.15, 0.2) is 0 Å². The number of ether oxygens (including phenoxy) is 3. The second kappa shape index (κ2) is 39.2. The molecular weight excluding hydrogens is 546 g/mol. The molecule has 2 N–H and O–H groups in total. The number of hydrogen-bond donors (Lipinski definition) is 1. The van der Waals surface area contributed by atoms with Gasteiger partial charge < -0.3 is 14.2 Å². The minimum Gasteiger partial charge on any atom is -0.491 e. The normalized spacial score (nSPS) is 8.29. The molecule has 2 rings (SSSR count). The highest BCUT2D eigenvalue weighted by molar-refractivity contribution is 7.81. The summed E-state index contributed by atoms with van der Waals surface area (Å²) in [6.45, 7) is 17.9. The van der Waals surface area contributed by atoms with Gasteiger partial charge in [0, 0.05) is 5.57 Å². The molecule has 2 aromatic carbocycles. The molecule has 0 saturated carbocycles. The minimum atomic E-state index is -4.08. The molecule has 0 fully saturated rings. The Balaban J connectivity index is -0.0000000855. The van der Waals surface area contributed by atoms with Crippen LogP contribution in [0.25, 0.3) is 0 Å². The lowest BCUT2D eigenvalue weighted by Crippen LogP contribution is -2.17. The third-order valence-electron chi connectivity index (χ3n) is 3.12. The predicted octanol–water partition coefficient (Wildman–Crippen LogP) is 8.41. The van der Waals surface area contributed by atoms with Crippen molar-refractivity contribution in [3.63, 3.8) is 0 Å². The number of carbonyl (C=O) groups is 1. The van der Waals surface area contributed by atoms with Crippen molar-refractivity contribution < 1.29 is 35.9 Å². The first kappa shape index (κ1) is 54.2. The molecule has 0 atom stereocenters. The van der Waals surface area contributed by atoms with Gasteiger partial charge >= 0.3 is 16.4 Å². The molecule has 10 heteroatoms. The summed E-state index contributed by atoms with van der Waals surface area (Å²) < 4.78 is 44.4. The van der Waals surface area contributed by atoms with Crippen molar-refractivity contribution in [2.24, 2.45) is 5.90 Å². The fraction of sp³-hybridized carbons (Fsp3) is 0.516. The summed E-state index contributed by atoms with van der Waals surface area (Å²) in [7, 11) is -4.08. The molecule has 0 aliphatic rings. The van der Waals surface area contributed by atoms with E-state index in [-0.39, 0.29) is 55.5 Å². The Hall–Kier alpha value is -2.92. The summed E-state index contributed by atoms with van der Waals surface area (Å²) in [5.41, 5.74) is 0.398. The van der Waals surface area contributed by atoms with E-state index in [0.29, 0.717) is 17.9 Å². The van der Waals surface area contributed by atoms with Crippen LogP contribution in [-0.4, -0.2) is 40.8 Å². The van der Waals surface area contributed by atoms with E-state index in [9.17, 15) is 13.2 Å². The Bertz CT molecular complexity index is 878. The first-order chi connectivity index (χ1) is 17.8. The van der Waals surface area contributed by atoms with Crippen LogP contribution in [0.1, 0.15) is 84.6 Å². The number of para-hydroxylation sites is 2. The third kappa shape index (κ3) is 37.1. The first-order valence-corrected chi connectivity index (χ1v) is 13.5. The maximum Gasteiger partial charge on any atom is 0.416 e. The summed E-state index contributed by atoms with van der Waals surface area (Å²) in [5, 5.41) is 0. The summed E-state index contributed by atoms with van der Waals surface area (Å²) in [6, 6.07) is 18.3. The standard InChI is InChI=1S/C12H14O3.C8H11NO5S.C3H8.2C2H6.4CH4/c1-10(2)12(13)15-9-8-14-11-6-4-3-5-7-11;9-14-15(10,11)13-7-6-12-8-4-2-1-3-5-8;1-3-2;2*1-2;;;;/h3-7H,1,8-9H2,2H3;1-5H,6-7,9H2;3H2,1-2H3;2*1-2H3;4*1H4. The van der Waals surface area contributed by atoms with Crippen LogP contribution in [0.3, 0.4) is 0 Å². The van der Waals surface area contributed by atoms with Gasteiger partial charge in [0.2, 0.25) is 0 Å². The van der Waals surface area contributed by atoms with Crippen LogP contribution in [0.4, 0.5) is 0 Å². The van der Waals surface area contributed by atoms with Crippen molar-refractivity contribution >= 4 is 16.4 Å². The highest BCUT2D eigenvalue weighted by Crippen LogP contribution is 2.08. The first-order valence-electron chi connectivity index (χ1n) is 12.2. The second-order valence-electron chi connectivity index (χ2n) is 6.27. The highest BCUT2D eigenvalue weighted by atomic mass is 32.3. The average molecular weight is 608 g/mol. The zero-order chi connectivity index (χ0) is 29.0. The van der Waals surface area contributed by atoms with Gasteiger partial charge in [-0.15, -0.1) is 0 Å². The maximum atomic E-state index is 11.0. The van der Waals surface area contributed by atoms with Crippen LogP contribution in [0, 0.1) is 0 Å². The summed E-state index contributed by atoms with van der Waals surface area (Å²) in [6.07, 6.45) is 1.25. The minimum absolute atomic E-state index is 0. The fourth-order valence-electron chi connectivity index (χ4n) is 1.77. The van der Waals surface area contributed by atoms with E-state index in [0.717, 1.165) is 5.75 Å². The monoisotopic (exact) mass is 607 g/mol. The zero-order valence-electron chi connectivity index (χ0n) is 23.3. The van der Waals surface area contributed by atoms with E-state index in [2.05, 4.69) is 34.8 Å². The number of esters is 1. The topological polar surface area (TPSA) is 123 Å². The molecular formula is C31H61NO8S. The van der Waals surface area contributed by atoms with Gasteiger partial charge in [0.05, 0.1) is 0 Å². The van der Waals surface area contributed by atoms with E-state index in [1.165, 1.54) is 6.42 Å². The van der Waals surface area contributed by atoms with Crippen LogP contribution in [0.15, 0.2) is 72.8 Å². The lowest BCUT2D eigenvalue weighted by molar-refractivity contribution is -0.139. The number of carbonyl (C=O) groups excluding carboxylic acids is 1. The molecule has 0 spiro atoms. The maximum absolute atomic E-state index is 11.0. The van der Waals surface area contributed by atoms with Crippen molar-refractivity contribution in [2.45, 2.75) is 84.6 Å². The van der Waals surface area contributed by atoms with Crippen LogP contribution in [0.2, 0.25) is 0 Å². The van der Waals surface area contributed by atoms with Gasteiger partial charge in [0.1, 0.15) is 37.9 Å². The van der Waals surface area contributed by atoms with E-state index in [1.807, 2.05) is 64.1 Å². The smallest absolute Gasteiger partial charge is 0.416 e. The van der Waals surface area contributed by atoms with Crippen LogP contribution >= 0.6 is 0 Å². The molecule has 41 heavy (non-hydrogen) atoms. The Morgan fingerprint density at radius 2 is 1.07 bits per heavy atom. The number of rotatable bonds is 11. The number of benzene rings is 2. The SMILES string of the molecule is C.C.C.C.C=C(C)C(=O)OCCOc1ccccc1.CC.CC.CCC.NOS(=O)(=O)OCCOc1ccccc1. The summed E-state index contributed by atoms with van der Waals surface area (Å²) >= 11 is 0. The number of hydrogen-bond acceptors (Lipinski definition) is 9. The van der Waals surface area contributed by atoms with E-state index >= 15 is 0 Å². The van der Waals surface area contributed by atoms with Crippen molar-refractivity contribution in [2.75, 3.05) is 26.4 Å². The van der Waals surface area contributed by atoms with Crippen LogP contribution < -0.4 is 15.4 Å². The van der Waals surface area contributed by atoms with Crippen molar-refractivity contribution in [3.8, 4) is 11.5 Å². The largest absolute Gasteiger partial charge is 0.491 e. The molecule has 0 heterocycles. The Morgan fingerprint density at radius 3 is 1.39 bits per heavy atom. The fourth-order valence-corrected chi connectivity index (χ4v) is 2.10. The van der Waals surface area contributed by atoms with Crippen LogP contribution in [0.5, 0.6) is 11.5 Å².